The molecule has 0 spiro atoms. The van der Waals surface area contributed by atoms with Gasteiger partial charge in [-0.25, -0.2) is 8.42 Å². The molecule has 0 aliphatic carbocycles. The number of ether oxygens (including phenoxy) is 2. The third kappa shape index (κ3) is 3.70. The molecule has 2 aromatic carbocycles. The molecule has 0 amide bonds. The van der Waals surface area contributed by atoms with Crippen molar-refractivity contribution in [2.75, 3.05) is 33.1 Å². The summed E-state index contributed by atoms with van der Waals surface area (Å²) in [6, 6.07) is 12.0. The van der Waals surface area contributed by atoms with Gasteiger partial charge in [0.05, 0.1) is 31.0 Å². The molecule has 7 heteroatoms. The zero-order valence-corrected chi connectivity index (χ0v) is 15.7. The molecule has 1 N–H and O–H groups in total. The fourth-order valence-electron chi connectivity index (χ4n) is 3.31. The highest BCUT2D eigenvalue weighted by atomic mass is 32.2. The van der Waals surface area contributed by atoms with Crippen molar-refractivity contribution in [3.8, 4) is 11.5 Å². The Labute approximate surface area is 153 Å². The van der Waals surface area contributed by atoms with Crippen molar-refractivity contribution >= 4 is 9.84 Å². The maximum absolute atomic E-state index is 12.5. The predicted octanol–water partition coefficient (Wildman–Crippen LogP) is 2.03. The average molecular weight is 377 g/mol. The van der Waals surface area contributed by atoms with Gasteiger partial charge in [-0.1, -0.05) is 18.2 Å². The maximum atomic E-state index is 12.5. The van der Waals surface area contributed by atoms with Crippen LogP contribution in [0.25, 0.3) is 0 Å². The number of hydrogen-bond donors (Lipinski definition) is 1. The van der Waals surface area contributed by atoms with Crippen LogP contribution in [0, 0.1) is 0 Å². The van der Waals surface area contributed by atoms with Crippen LogP contribution in [0.1, 0.15) is 17.2 Å². The summed E-state index contributed by atoms with van der Waals surface area (Å²) in [6.45, 7) is 1.17. The fraction of sp³-hybridized carbons (Fsp3) is 0.368. The molecular formula is C19H23NO5S. The predicted molar refractivity (Wildman–Crippen MR) is 98.3 cm³/mol. The van der Waals surface area contributed by atoms with Crippen molar-refractivity contribution in [2.24, 2.45) is 0 Å². The van der Waals surface area contributed by atoms with Crippen LogP contribution in [0.3, 0.4) is 0 Å². The van der Waals surface area contributed by atoms with E-state index in [0.717, 1.165) is 5.56 Å². The van der Waals surface area contributed by atoms with Crippen LogP contribution in [0.15, 0.2) is 47.4 Å². The number of hydrogen-bond acceptors (Lipinski definition) is 6. The topological polar surface area (TPSA) is 76.1 Å². The largest absolute Gasteiger partial charge is 0.496 e. The standard InChI is InChI=1S/C19H23NO5S/c1-24-17-8-9-18(25-2)19-15(17)12-20(13-16(19)21)10-11-26(22,23)14-6-4-3-5-7-14/h3-9,16,21H,10-13H2,1-2H3/t16-/m1/s1. The molecule has 0 aromatic heterocycles. The van der Waals surface area contributed by atoms with Gasteiger partial charge in [0.2, 0.25) is 0 Å². The van der Waals surface area contributed by atoms with Crippen molar-refractivity contribution in [1.82, 2.24) is 4.90 Å². The van der Waals surface area contributed by atoms with Crippen LogP contribution in [-0.4, -0.2) is 51.5 Å². The second-order valence-corrected chi connectivity index (χ2v) is 8.35. The number of sulfone groups is 1. The Hall–Kier alpha value is -2.09. The van der Waals surface area contributed by atoms with Crippen LogP contribution < -0.4 is 9.47 Å². The van der Waals surface area contributed by atoms with Gasteiger partial charge in [-0.15, -0.1) is 0 Å². The minimum absolute atomic E-state index is 0.00858. The molecule has 3 rings (SSSR count). The van der Waals surface area contributed by atoms with Crippen LogP contribution in [0.2, 0.25) is 0 Å². The molecule has 0 radical (unpaired) electrons. The summed E-state index contributed by atoms with van der Waals surface area (Å²) in [4.78, 5) is 2.24. The highest BCUT2D eigenvalue weighted by Crippen LogP contribution is 2.39. The van der Waals surface area contributed by atoms with Gasteiger partial charge in [-0.3, -0.25) is 4.90 Å². The molecule has 1 atom stereocenters. The molecule has 0 unspecified atom stereocenters. The van der Waals surface area contributed by atoms with Crippen molar-refractivity contribution in [2.45, 2.75) is 17.5 Å². The molecule has 140 valence electrons. The van der Waals surface area contributed by atoms with Crippen molar-refractivity contribution < 1.29 is 23.0 Å². The number of aliphatic hydroxyl groups excluding tert-OH is 1. The van der Waals surface area contributed by atoms with Gasteiger partial charge in [-0.05, 0) is 24.3 Å². The van der Waals surface area contributed by atoms with Crippen molar-refractivity contribution in [3.63, 3.8) is 0 Å². The third-order valence-electron chi connectivity index (χ3n) is 4.64. The van der Waals surface area contributed by atoms with E-state index < -0.39 is 15.9 Å². The van der Waals surface area contributed by atoms with Gasteiger partial charge in [-0.2, -0.15) is 0 Å². The van der Waals surface area contributed by atoms with Crippen LogP contribution in [-0.2, 0) is 16.4 Å². The SMILES string of the molecule is COc1ccc(OC)c2c1CN(CCS(=O)(=O)c1ccccc1)C[C@H]2O. The summed E-state index contributed by atoms with van der Waals surface area (Å²) >= 11 is 0. The van der Waals surface area contributed by atoms with Crippen molar-refractivity contribution in [3.05, 3.63) is 53.6 Å². The van der Waals surface area contributed by atoms with E-state index in [1.54, 1.807) is 56.7 Å². The Kier molecular flexibility index (Phi) is 5.50. The lowest BCUT2D eigenvalue weighted by atomic mass is 9.95. The second-order valence-electron chi connectivity index (χ2n) is 6.25. The molecule has 0 bridgehead atoms. The summed E-state index contributed by atoms with van der Waals surface area (Å²) < 4.78 is 35.8. The van der Waals surface area contributed by atoms with Gasteiger partial charge in [0, 0.05) is 30.8 Å². The molecular weight excluding hydrogens is 354 g/mol. The summed E-state index contributed by atoms with van der Waals surface area (Å²) in [5.74, 6) is 1.27. The lowest BCUT2D eigenvalue weighted by Crippen LogP contribution is -2.37. The fourth-order valence-corrected chi connectivity index (χ4v) is 4.62. The first kappa shape index (κ1) is 18.7. The van der Waals surface area contributed by atoms with Gasteiger partial charge < -0.3 is 14.6 Å². The summed E-state index contributed by atoms with van der Waals surface area (Å²) in [6.07, 6.45) is -0.761. The van der Waals surface area contributed by atoms with E-state index in [0.29, 0.717) is 41.6 Å². The van der Waals surface area contributed by atoms with Crippen LogP contribution in [0.5, 0.6) is 11.5 Å². The zero-order chi connectivity index (χ0) is 18.7. The molecule has 26 heavy (non-hydrogen) atoms. The van der Waals surface area contributed by atoms with E-state index in [-0.39, 0.29) is 5.75 Å². The Bertz CT molecular complexity index is 867. The van der Waals surface area contributed by atoms with Crippen LogP contribution in [0.4, 0.5) is 0 Å². The normalized spacial score (nSPS) is 17.6. The Morgan fingerprint density at radius 2 is 1.73 bits per heavy atom. The summed E-state index contributed by atoms with van der Waals surface area (Å²) in [7, 11) is -0.222. The molecule has 1 aliphatic heterocycles. The lowest BCUT2D eigenvalue weighted by Gasteiger charge is -2.33. The third-order valence-corrected chi connectivity index (χ3v) is 6.35. The second kappa shape index (κ2) is 7.65. The monoisotopic (exact) mass is 377 g/mol. The Morgan fingerprint density at radius 1 is 1.08 bits per heavy atom. The summed E-state index contributed by atoms with van der Waals surface area (Å²) in [5.41, 5.74) is 1.55. The van der Waals surface area contributed by atoms with E-state index in [1.807, 2.05) is 4.90 Å². The minimum atomic E-state index is -3.36. The average Bonchev–Trinajstić information content (AvgIpc) is 2.66. The van der Waals surface area contributed by atoms with Crippen LogP contribution >= 0.6 is 0 Å². The first-order valence-electron chi connectivity index (χ1n) is 8.38. The summed E-state index contributed by atoms with van der Waals surface area (Å²) in [5, 5.41) is 10.6. The molecule has 0 fully saturated rings. The maximum Gasteiger partial charge on any atom is 0.179 e. The first-order valence-corrected chi connectivity index (χ1v) is 10.0. The van der Waals surface area contributed by atoms with E-state index >= 15 is 0 Å². The van der Waals surface area contributed by atoms with Crippen molar-refractivity contribution in [1.29, 1.82) is 0 Å². The molecule has 6 nitrogen and oxygen atoms in total. The lowest BCUT2D eigenvalue weighted by molar-refractivity contribution is 0.0920. The number of methoxy groups -OCH3 is 2. The smallest absolute Gasteiger partial charge is 0.179 e. The van der Waals surface area contributed by atoms with Gasteiger partial charge in [0.25, 0.3) is 0 Å². The quantitative estimate of drug-likeness (QED) is 0.830. The first-order chi connectivity index (χ1) is 12.5. The highest BCUT2D eigenvalue weighted by Gasteiger charge is 2.30. The number of rotatable bonds is 6. The Balaban J connectivity index is 1.79. The number of fused-ring (bicyclic) bond motifs is 1. The number of benzene rings is 2. The molecule has 2 aromatic rings. The van der Waals surface area contributed by atoms with Gasteiger partial charge >= 0.3 is 0 Å². The highest BCUT2D eigenvalue weighted by molar-refractivity contribution is 7.91. The molecule has 1 aliphatic rings. The zero-order valence-electron chi connectivity index (χ0n) is 14.9. The number of β-amino-alcohol motifs (C(OH)–C–C–N with tert-alkyl or cyclic N) is 1. The number of nitrogens with zero attached hydrogens (tertiary/aromatic N) is 1. The molecule has 0 saturated carbocycles. The minimum Gasteiger partial charge on any atom is -0.496 e. The van der Waals surface area contributed by atoms with E-state index in [4.69, 9.17) is 9.47 Å². The Morgan fingerprint density at radius 3 is 2.38 bits per heavy atom. The molecule has 1 heterocycles. The molecule has 0 saturated heterocycles. The number of aliphatic hydroxyl groups is 1. The van der Waals surface area contributed by atoms with E-state index in [2.05, 4.69) is 0 Å². The van der Waals surface area contributed by atoms with E-state index in [9.17, 15) is 13.5 Å². The van der Waals surface area contributed by atoms with Gasteiger partial charge in [0.15, 0.2) is 9.84 Å². The van der Waals surface area contributed by atoms with E-state index in [1.165, 1.54) is 0 Å². The van der Waals surface area contributed by atoms with Gasteiger partial charge in [0.1, 0.15) is 11.5 Å².